The third-order valence-corrected chi connectivity index (χ3v) is 7.31. The summed E-state index contributed by atoms with van der Waals surface area (Å²) >= 11 is 1.38. The van der Waals surface area contributed by atoms with Gasteiger partial charge in [-0.2, -0.15) is 0 Å². The second-order valence-electron chi connectivity index (χ2n) is 8.75. The molecular formula is C24H26N2O5S. The van der Waals surface area contributed by atoms with E-state index in [1.807, 2.05) is 0 Å². The van der Waals surface area contributed by atoms with Crippen molar-refractivity contribution < 1.29 is 23.9 Å². The van der Waals surface area contributed by atoms with Crippen LogP contribution in [-0.4, -0.2) is 41.7 Å². The van der Waals surface area contributed by atoms with Crippen LogP contribution in [0.2, 0.25) is 0 Å². The molecule has 3 amide bonds. The average molecular weight is 455 g/mol. The van der Waals surface area contributed by atoms with Crippen LogP contribution in [0.25, 0.3) is 0 Å². The van der Waals surface area contributed by atoms with E-state index in [0.717, 1.165) is 34.6 Å². The number of carbonyl (C=O) groups is 4. The molecule has 2 atom stereocenters. The van der Waals surface area contributed by atoms with E-state index < -0.39 is 29.7 Å². The van der Waals surface area contributed by atoms with Crippen LogP contribution in [0.15, 0.2) is 24.3 Å². The molecule has 1 aromatic heterocycles. The maximum Gasteiger partial charge on any atom is 0.341 e. The number of nitrogens with zero attached hydrogens (tertiary/aromatic N) is 1. The molecule has 0 radical (unpaired) electrons. The van der Waals surface area contributed by atoms with Crippen molar-refractivity contribution in [1.29, 1.82) is 0 Å². The third kappa shape index (κ3) is 3.62. The van der Waals surface area contributed by atoms with E-state index in [2.05, 4.69) is 12.2 Å². The number of hydrogen-bond acceptors (Lipinski definition) is 6. The van der Waals surface area contributed by atoms with Gasteiger partial charge in [-0.15, -0.1) is 11.3 Å². The summed E-state index contributed by atoms with van der Waals surface area (Å²) in [6, 6.07) is 5.56. The number of methoxy groups -OCH3 is 1. The number of benzene rings is 1. The maximum absolute atomic E-state index is 13.4. The van der Waals surface area contributed by atoms with Gasteiger partial charge in [0.1, 0.15) is 11.0 Å². The summed E-state index contributed by atoms with van der Waals surface area (Å²) in [5, 5.41) is 3.28. The molecule has 0 bridgehead atoms. The van der Waals surface area contributed by atoms with Gasteiger partial charge in [-0.1, -0.05) is 32.9 Å². The van der Waals surface area contributed by atoms with Gasteiger partial charge in [0.2, 0.25) is 5.91 Å². The van der Waals surface area contributed by atoms with E-state index in [-0.39, 0.29) is 5.92 Å². The Hall–Kier alpha value is -3.00. The number of thiophene rings is 1. The summed E-state index contributed by atoms with van der Waals surface area (Å²) in [5.74, 6) is -1.77. The lowest BCUT2D eigenvalue weighted by Crippen LogP contribution is -2.50. The topological polar surface area (TPSA) is 92.8 Å². The Morgan fingerprint density at radius 2 is 1.78 bits per heavy atom. The number of fused-ring (bicyclic) bond motifs is 2. The molecule has 1 aromatic carbocycles. The van der Waals surface area contributed by atoms with Gasteiger partial charge >= 0.3 is 5.97 Å². The fourth-order valence-corrected chi connectivity index (χ4v) is 5.92. The first-order valence-corrected chi connectivity index (χ1v) is 11.6. The molecule has 1 N–H and O–H groups in total. The van der Waals surface area contributed by atoms with Gasteiger partial charge in [0.15, 0.2) is 0 Å². The van der Waals surface area contributed by atoms with Gasteiger partial charge < -0.3 is 10.1 Å². The lowest BCUT2D eigenvalue weighted by Gasteiger charge is -2.28. The molecule has 8 heteroatoms. The minimum Gasteiger partial charge on any atom is -0.465 e. The van der Waals surface area contributed by atoms with Crippen LogP contribution in [0.1, 0.15) is 68.7 Å². The number of hydrogen-bond donors (Lipinski definition) is 1. The minimum absolute atomic E-state index is 0.298. The van der Waals surface area contributed by atoms with Crippen molar-refractivity contribution in [3.63, 3.8) is 0 Å². The van der Waals surface area contributed by atoms with Gasteiger partial charge in [0, 0.05) is 4.88 Å². The highest BCUT2D eigenvalue weighted by Gasteiger charge is 2.44. The molecule has 32 heavy (non-hydrogen) atoms. The second kappa shape index (κ2) is 8.50. The van der Waals surface area contributed by atoms with Crippen LogP contribution in [0.5, 0.6) is 0 Å². The predicted octanol–water partition coefficient (Wildman–Crippen LogP) is 3.92. The van der Waals surface area contributed by atoms with E-state index >= 15 is 0 Å². The van der Waals surface area contributed by atoms with Gasteiger partial charge in [0.25, 0.3) is 11.8 Å². The fraction of sp³-hybridized carbons (Fsp3) is 0.417. The SMILES string of the molecule is COC(=O)c1c(NC(=O)[C@@H](C(C)C)N2C(=O)c3ccccc3C2=O)sc2c1CC[C@@H](C)C2. The first kappa shape index (κ1) is 22.2. The van der Waals surface area contributed by atoms with E-state index in [9.17, 15) is 19.2 Å². The number of anilines is 1. The zero-order valence-corrected chi connectivity index (χ0v) is 19.4. The summed E-state index contributed by atoms with van der Waals surface area (Å²) < 4.78 is 4.99. The van der Waals surface area contributed by atoms with Gasteiger partial charge in [-0.3, -0.25) is 19.3 Å². The van der Waals surface area contributed by atoms with Crippen LogP contribution in [0.4, 0.5) is 5.00 Å². The zero-order valence-electron chi connectivity index (χ0n) is 18.6. The van der Waals surface area contributed by atoms with Crippen molar-refractivity contribution in [2.75, 3.05) is 12.4 Å². The number of rotatable bonds is 5. The summed E-state index contributed by atoms with van der Waals surface area (Å²) in [6.07, 6.45) is 2.55. The molecule has 2 aromatic rings. The number of ether oxygens (including phenoxy) is 1. The molecular weight excluding hydrogens is 428 g/mol. The number of amides is 3. The molecule has 2 heterocycles. The molecule has 0 saturated heterocycles. The van der Waals surface area contributed by atoms with Crippen LogP contribution in [0.3, 0.4) is 0 Å². The van der Waals surface area contributed by atoms with Crippen LogP contribution in [-0.2, 0) is 22.4 Å². The Morgan fingerprint density at radius 1 is 1.16 bits per heavy atom. The van der Waals surface area contributed by atoms with E-state index in [1.165, 1.54) is 18.4 Å². The van der Waals surface area contributed by atoms with Crippen LogP contribution in [0, 0.1) is 11.8 Å². The van der Waals surface area contributed by atoms with E-state index in [0.29, 0.717) is 27.6 Å². The first-order chi connectivity index (χ1) is 15.2. The molecule has 1 aliphatic heterocycles. The van der Waals surface area contributed by atoms with Gasteiger partial charge in [-0.05, 0) is 48.8 Å². The molecule has 0 fully saturated rings. The molecule has 168 valence electrons. The lowest BCUT2D eigenvalue weighted by atomic mass is 9.88. The molecule has 1 aliphatic carbocycles. The number of carbonyl (C=O) groups excluding carboxylic acids is 4. The normalized spacial score (nSPS) is 18.4. The van der Waals surface area contributed by atoms with Crippen molar-refractivity contribution in [2.24, 2.45) is 11.8 Å². The van der Waals surface area contributed by atoms with E-state index in [4.69, 9.17) is 4.74 Å². The molecule has 0 spiro atoms. The van der Waals surface area contributed by atoms with Crippen molar-refractivity contribution in [2.45, 2.75) is 46.1 Å². The Morgan fingerprint density at radius 3 is 2.34 bits per heavy atom. The molecule has 7 nitrogen and oxygen atoms in total. The fourth-order valence-electron chi connectivity index (χ4n) is 4.52. The summed E-state index contributed by atoms with van der Waals surface area (Å²) in [4.78, 5) is 54.0. The summed E-state index contributed by atoms with van der Waals surface area (Å²) in [6.45, 7) is 5.74. The predicted molar refractivity (Wildman–Crippen MR) is 121 cm³/mol. The van der Waals surface area contributed by atoms with Crippen LogP contribution >= 0.6 is 11.3 Å². The highest BCUT2D eigenvalue weighted by atomic mass is 32.1. The standard InChI is InChI=1S/C24H26N2O5S/c1-12(2)19(26-22(28)14-7-5-6-8-15(14)23(26)29)20(27)25-21-18(24(30)31-4)16-10-9-13(3)11-17(16)32-21/h5-8,12-13,19H,9-11H2,1-4H3,(H,25,27)/t13-,19-/m1/s1. The molecule has 4 rings (SSSR count). The number of esters is 1. The van der Waals surface area contributed by atoms with Crippen molar-refractivity contribution in [3.8, 4) is 0 Å². The molecule has 2 aliphatic rings. The Kier molecular flexibility index (Phi) is 5.90. The van der Waals surface area contributed by atoms with Gasteiger partial charge in [0.05, 0.1) is 23.8 Å². The number of nitrogens with one attached hydrogen (secondary N) is 1. The van der Waals surface area contributed by atoms with Crippen molar-refractivity contribution in [1.82, 2.24) is 4.90 Å². The van der Waals surface area contributed by atoms with Crippen molar-refractivity contribution in [3.05, 3.63) is 51.4 Å². The molecule has 0 saturated carbocycles. The zero-order chi connectivity index (χ0) is 23.2. The van der Waals surface area contributed by atoms with Crippen molar-refractivity contribution >= 4 is 40.0 Å². The average Bonchev–Trinajstić information content (AvgIpc) is 3.23. The second-order valence-corrected chi connectivity index (χ2v) is 9.86. The number of imide groups is 1. The molecule has 0 unspecified atom stereocenters. The Labute approximate surface area is 190 Å². The summed E-state index contributed by atoms with van der Waals surface area (Å²) in [7, 11) is 1.32. The highest BCUT2D eigenvalue weighted by Crippen LogP contribution is 2.40. The minimum atomic E-state index is -1.01. The Bertz CT molecular complexity index is 1080. The lowest BCUT2D eigenvalue weighted by molar-refractivity contribution is -0.121. The van der Waals surface area contributed by atoms with E-state index in [1.54, 1.807) is 38.1 Å². The maximum atomic E-state index is 13.4. The monoisotopic (exact) mass is 454 g/mol. The summed E-state index contributed by atoms with van der Waals surface area (Å²) in [5.41, 5.74) is 1.91. The largest absolute Gasteiger partial charge is 0.465 e. The smallest absolute Gasteiger partial charge is 0.341 e. The van der Waals surface area contributed by atoms with Crippen LogP contribution < -0.4 is 5.32 Å². The third-order valence-electron chi connectivity index (χ3n) is 6.14. The van der Waals surface area contributed by atoms with Gasteiger partial charge in [-0.25, -0.2) is 4.79 Å². The quantitative estimate of drug-likeness (QED) is 0.546. The first-order valence-electron chi connectivity index (χ1n) is 10.7. The highest BCUT2D eigenvalue weighted by molar-refractivity contribution is 7.17. The Balaban J connectivity index is 1.68.